The number of ether oxygens (including phenoxy) is 1. The van der Waals surface area contributed by atoms with E-state index < -0.39 is 17.6 Å². The molecule has 0 fully saturated rings. The third-order valence-electron chi connectivity index (χ3n) is 2.72. The molecule has 0 aliphatic carbocycles. The van der Waals surface area contributed by atoms with Gasteiger partial charge in [-0.3, -0.25) is 0 Å². The third-order valence-corrected chi connectivity index (χ3v) is 6.01. The molecule has 0 unspecified atom stereocenters. The number of para-hydroxylation sites is 1. The van der Waals surface area contributed by atoms with Gasteiger partial charge in [0.2, 0.25) is 0 Å². The Balaban J connectivity index is 2.47. The summed E-state index contributed by atoms with van der Waals surface area (Å²) < 4.78 is 5.91. The first-order valence-electron chi connectivity index (χ1n) is 6.33. The molecule has 0 atom stereocenters. The van der Waals surface area contributed by atoms with Crippen LogP contribution in [0.25, 0.3) is 0 Å². The number of benzene rings is 1. The summed E-state index contributed by atoms with van der Waals surface area (Å²) in [5.41, 5.74) is 0. The van der Waals surface area contributed by atoms with Crippen molar-refractivity contribution in [3.05, 3.63) is 24.3 Å². The van der Waals surface area contributed by atoms with E-state index >= 15 is 0 Å². The van der Waals surface area contributed by atoms with Crippen LogP contribution in [0.1, 0.15) is 6.42 Å². The molecule has 0 aliphatic heterocycles. The van der Waals surface area contributed by atoms with E-state index in [9.17, 15) is 0 Å². The van der Waals surface area contributed by atoms with Gasteiger partial charge in [0.25, 0.3) is 0 Å². The third kappa shape index (κ3) is 4.53. The first kappa shape index (κ1) is 13.5. The van der Waals surface area contributed by atoms with Crippen LogP contribution in [0.5, 0.6) is 5.75 Å². The number of hydrogen-bond donors (Lipinski definition) is 0. The maximum Gasteiger partial charge on any atom is 0.118 e. The molecule has 1 aromatic rings. The minimum atomic E-state index is -0.756. The van der Waals surface area contributed by atoms with Gasteiger partial charge in [0.1, 0.15) is 5.75 Å². The molecule has 16 heavy (non-hydrogen) atoms. The van der Waals surface area contributed by atoms with Gasteiger partial charge in [0, 0.05) is 8.80 Å². The summed E-state index contributed by atoms with van der Waals surface area (Å²) in [6.45, 7) is 10.4. The molecule has 0 saturated carbocycles. The highest BCUT2D eigenvalue weighted by Crippen LogP contribution is 2.09. The Kier molecular flexibility index (Phi) is 5.84. The summed E-state index contributed by atoms with van der Waals surface area (Å²) in [6.07, 6.45) is 1.22. The molecule has 0 amide bonds. The van der Waals surface area contributed by atoms with Gasteiger partial charge in [-0.1, -0.05) is 50.4 Å². The monoisotopic (exact) mass is 252 g/mol. The normalized spacial score (nSPS) is 11.1. The highest BCUT2D eigenvalue weighted by molar-refractivity contribution is 6.71. The lowest BCUT2D eigenvalue weighted by Crippen LogP contribution is -2.25. The predicted octanol–water partition coefficient (Wildman–Crippen LogP) is 2.64. The van der Waals surface area contributed by atoms with Crippen molar-refractivity contribution >= 4 is 22.8 Å². The van der Waals surface area contributed by atoms with Crippen molar-refractivity contribution in [1.82, 2.24) is 0 Å². The Morgan fingerprint density at radius 3 is 2.38 bits per heavy atom. The van der Waals surface area contributed by atoms with E-state index in [1.54, 1.807) is 0 Å². The molecule has 1 rings (SSSR count). The van der Waals surface area contributed by atoms with Crippen molar-refractivity contribution in [2.75, 3.05) is 6.61 Å². The van der Waals surface area contributed by atoms with Crippen molar-refractivity contribution < 1.29 is 4.74 Å². The van der Waals surface area contributed by atoms with E-state index in [2.05, 4.69) is 50.5 Å². The lowest BCUT2D eigenvalue weighted by Gasteiger charge is -2.13. The van der Waals surface area contributed by atoms with Gasteiger partial charge in [-0.05, 0) is 17.7 Å². The fourth-order valence-corrected chi connectivity index (χ4v) is 3.99. The minimum Gasteiger partial charge on any atom is -0.494 e. The van der Waals surface area contributed by atoms with Crippen LogP contribution >= 0.6 is 0 Å². The van der Waals surface area contributed by atoms with Crippen LogP contribution in [0, 0.1) is 0 Å². The lowest BCUT2D eigenvalue weighted by molar-refractivity contribution is 0.319. The molecular weight excluding hydrogens is 228 g/mol. The molecule has 1 aromatic carbocycles. The number of rotatable bonds is 6. The maximum atomic E-state index is 5.91. The van der Waals surface area contributed by atoms with Gasteiger partial charge in [0.15, 0.2) is 0 Å². The second kappa shape index (κ2) is 6.91. The van der Waals surface area contributed by atoms with E-state index in [-0.39, 0.29) is 0 Å². The summed E-state index contributed by atoms with van der Waals surface area (Å²) >= 11 is 0. The topological polar surface area (TPSA) is 9.23 Å². The quantitative estimate of drug-likeness (QED) is 0.559. The van der Waals surface area contributed by atoms with E-state index in [1.165, 1.54) is 17.7 Å². The van der Waals surface area contributed by atoms with E-state index in [0.29, 0.717) is 0 Å². The first-order chi connectivity index (χ1) is 7.61. The Hall–Kier alpha value is -0.546. The largest absolute Gasteiger partial charge is 0.494 e. The van der Waals surface area contributed by atoms with Crippen LogP contribution in [0.4, 0.5) is 0 Å². The Morgan fingerprint density at radius 2 is 1.75 bits per heavy atom. The van der Waals surface area contributed by atoms with Crippen LogP contribution in [0.2, 0.25) is 32.2 Å². The average Bonchev–Trinajstić information content (AvgIpc) is 2.24. The molecular formula is C13H24OSi2. The minimum absolute atomic E-state index is 0.399. The molecule has 0 aliphatic rings. The fourth-order valence-electron chi connectivity index (χ4n) is 1.76. The van der Waals surface area contributed by atoms with Gasteiger partial charge in [-0.15, -0.1) is 0 Å². The van der Waals surface area contributed by atoms with Crippen LogP contribution in [0.3, 0.4) is 0 Å². The van der Waals surface area contributed by atoms with Crippen LogP contribution < -0.4 is 9.92 Å². The maximum absolute atomic E-state index is 5.91. The molecule has 0 spiro atoms. The van der Waals surface area contributed by atoms with Gasteiger partial charge in [0.05, 0.1) is 15.4 Å². The summed E-state index contributed by atoms with van der Waals surface area (Å²) in [4.78, 5) is 0. The van der Waals surface area contributed by atoms with Gasteiger partial charge < -0.3 is 4.74 Å². The smallest absolute Gasteiger partial charge is 0.118 e. The Morgan fingerprint density at radius 1 is 1.06 bits per heavy atom. The van der Waals surface area contributed by atoms with E-state index in [0.717, 1.165) is 12.4 Å². The molecule has 0 heterocycles. The molecule has 0 bridgehead atoms. The summed E-state index contributed by atoms with van der Waals surface area (Å²) in [5, 5.41) is 1.46. The molecule has 0 aromatic heterocycles. The van der Waals surface area contributed by atoms with Crippen molar-refractivity contribution in [2.45, 2.75) is 38.7 Å². The SMILES string of the molecule is C[SiH](C)CCCOc1ccccc1[SiH](C)C. The Labute approximate surface area is 103 Å². The standard InChI is InChI=1S/C13H24OSi2/c1-15(2)11-7-10-14-12-8-5-6-9-13(12)16(3)4/h5-6,8-9,15-16H,7,10-11H2,1-4H3. The second-order valence-electron chi connectivity index (χ2n) is 5.08. The molecule has 0 N–H and O–H groups in total. The fraction of sp³-hybridized carbons (Fsp3) is 0.538. The van der Waals surface area contributed by atoms with Crippen LogP contribution in [0.15, 0.2) is 24.3 Å². The van der Waals surface area contributed by atoms with Crippen molar-refractivity contribution in [3.8, 4) is 5.75 Å². The molecule has 0 radical (unpaired) electrons. The Bertz CT molecular complexity index is 311. The van der Waals surface area contributed by atoms with Crippen molar-refractivity contribution in [1.29, 1.82) is 0 Å². The van der Waals surface area contributed by atoms with E-state index in [4.69, 9.17) is 4.74 Å². The molecule has 90 valence electrons. The van der Waals surface area contributed by atoms with Crippen LogP contribution in [-0.2, 0) is 0 Å². The molecule has 3 heteroatoms. The zero-order valence-electron chi connectivity index (χ0n) is 11.0. The van der Waals surface area contributed by atoms with Crippen molar-refractivity contribution in [2.24, 2.45) is 0 Å². The average molecular weight is 253 g/mol. The highest BCUT2D eigenvalue weighted by atomic mass is 28.3. The summed E-state index contributed by atoms with van der Waals surface area (Å²) in [6, 6.07) is 9.93. The van der Waals surface area contributed by atoms with E-state index in [1.807, 2.05) is 0 Å². The predicted molar refractivity (Wildman–Crippen MR) is 78.7 cm³/mol. The molecule has 1 nitrogen and oxygen atoms in total. The van der Waals surface area contributed by atoms with Gasteiger partial charge in [-0.2, -0.15) is 0 Å². The highest BCUT2D eigenvalue weighted by Gasteiger charge is 2.07. The summed E-state index contributed by atoms with van der Waals surface area (Å²) in [5.74, 6) is 1.13. The second-order valence-corrected chi connectivity index (χ2v) is 11.4. The first-order valence-corrected chi connectivity index (χ1v) is 12.3. The van der Waals surface area contributed by atoms with Crippen LogP contribution in [-0.4, -0.2) is 24.2 Å². The van der Waals surface area contributed by atoms with Gasteiger partial charge >= 0.3 is 0 Å². The number of hydrogen-bond acceptors (Lipinski definition) is 1. The zero-order valence-corrected chi connectivity index (χ0v) is 13.3. The lowest BCUT2D eigenvalue weighted by atomic mass is 10.3. The molecule has 0 saturated heterocycles. The van der Waals surface area contributed by atoms with Gasteiger partial charge in [-0.25, -0.2) is 0 Å². The van der Waals surface area contributed by atoms with Crippen molar-refractivity contribution in [3.63, 3.8) is 0 Å². The zero-order chi connectivity index (χ0) is 12.0. The summed E-state index contributed by atoms with van der Waals surface area (Å²) in [7, 11) is -1.16.